The normalized spacial score (nSPS) is 14.9. The molecule has 0 spiro atoms. The summed E-state index contributed by atoms with van der Waals surface area (Å²) in [4.78, 5) is 0. The van der Waals surface area contributed by atoms with Gasteiger partial charge in [0, 0.05) is 11.4 Å². The molecule has 2 atom stereocenters. The number of nitrogens with zero attached hydrogens (tertiary/aromatic N) is 2. The van der Waals surface area contributed by atoms with Crippen LogP contribution in [0.15, 0.2) is 6.07 Å². The predicted molar refractivity (Wildman–Crippen MR) is 57.8 cm³/mol. The van der Waals surface area contributed by atoms with Gasteiger partial charge in [0.2, 0.25) is 0 Å². The van der Waals surface area contributed by atoms with E-state index < -0.39 is 12.2 Å². The number of aliphatic hydroxyl groups is 2. The lowest BCUT2D eigenvalue weighted by molar-refractivity contribution is 0.0172. The molecule has 84 valence electrons. The third-order valence-corrected chi connectivity index (χ3v) is 2.31. The average Bonchev–Trinajstić information content (AvgIpc) is 2.21. The van der Waals surface area contributed by atoms with E-state index in [1.807, 2.05) is 0 Å². The van der Waals surface area contributed by atoms with Crippen LogP contribution >= 0.6 is 23.2 Å². The van der Waals surface area contributed by atoms with Gasteiger partial charge >= 0.3 is 0 Å². The minimum Gasteiger partial charge on any atom is -0.390 e. The van der Waals surface area contributed by atoms with Crippen molar-refractivity contribution in [3.8, 4) is 0 Å². The summed E-state index contributed by atoms with van der Waals surface area (Å²) < 4.78 is 0. The smallest absolute Gasteiger partial charge is 0.152 e. The van der Waals surface area contributed by atoms with Crippen molar-refractivity contribution < 1.29 is 10.2 Å². The van der Waals surface area contributed by atoms with Crippen LogP contribution in [0.25, 0.3) is 0 Å². The Bertz CT molecular complexity index is 338. The molecule has 1 heterocycles. The largest absolute Gasteiger partial charge is 0.390 e. The van der Waals surface area contributed by atoms with E-state index in [0.29, 0.717) is 0 Å². The van der Waals surface area contributed by atoms with Crippen LogP contribution in [0, 0.1) is 0 Å². The van der Waals surface area contributed by atoms with Gasteiger partial charge in [0.15, 0.2) is 11.0 Å². The molecule has 1 aromatic rings. The van der Waals surface area contributed by atoms with Crippen molar-refractivity contribution in [3.63, 3.8) is 0 Å². The summed E-state index contributed by atoms with van der Waals surface area (Å²) in [5, 5.41) is 26.4. The fraction of sp³-hybridized carbons (Fsp3) is 0.500. The van der Waals surface area contributed by atoms with Gasteiger partial charge in [-0.2, -0.15) is 0 Å². The standard InChI is InChI=1S/C8H11Cl2N3O2/c9-2-1-5(14)7(15)4-3-6(10)12-13-8(4)11/h3,5,7,14-15H,1-2H2,(H2,11,13). The number of rotatable bonds is 4. The second-order valence-electron chi connectivity index (χ2n) is 3.00. The number of anilines is 1. The van der Waals surface area contributed by atoms with E-state index in [4.69, 9.17) is 28.9 Å². The maximum Gasteiger partial charge on any atom is 0.152 e. The summed E-state index contributed by atoms with van der Waals surface area (Å²) in [6, 6.07) is 1.37. The van der Waals surface area contributed by atoms with E-state index in [2.05, 4.69) is 10.2 Å². The summed E-state index contributed by atoms with van der Waals surface area (Å²) in [6.07, 6.45) is -1.90. The van der Waals surface area contributed by atoms with Gasteiger partial charge in [0.1, 0.15) is 6.10 Å². The van der Waals surface area contributed by atoms with E-state index in [1.165, 1.54) is 6.07 Å². The summed E-state index contributed by atoms with van der Waals surface area (Å²) in [5.74, 6) is 0.283. The maximum absolute atomic E-state index is 9.71. The molecule has 1 rings (SSSR count). The lowest BCUT2D eigenvalue weighted by atomic mass is 10.0. The minimum atomic E-state index is -1.16. The number of aromatic nitrogens is 2. The van der Waals surface area contributed by atoms with Crippen LogP contribution in [0.5, 0.6) is 0 Å². The van der Waals surface area contributed by atoms with Gasteiger partial charge in [-0.15, -0.1) is 21.8 Å². The number of halogens is 2. The van der Waals surface area contributed by atoms with Crippen LogP contribution in [0.2, 0.25) is 5.15 Å². The Morgan fingerprint density at radius 1 is 1.40 bits per heavy atom. The van der Waals surface area contributed by atoms with Crippen LogP contribution in [-0.2, 0) is 0 Å². The van der Waals surface area contributed by atoms with Crippen molar-refractivity contribution in [1.82, 2.24) is 10.2 Å². The van der Waals surface area contributed by atoms with E-state index in [-0.39, 0.29) is 28.8 Å². The summed E-state index contributed by atoms with van der Waals surface area (Å²) >= 11 is 11.0. The summed E-state index contributed by atoms with van der Waals surface area (Å²) in [7, 11) is 0. The Balaban J connectivity index is 2.89. The number of hydrogen-bond donors (Lipinski definition) is 3. The SMILES string of the molecule is Nc1nnc(Cl)cc1C(O)C(O)CCCl. The Labute approximate surface area is 96.8 Å². The highest BCUT2D eigenvalue weighted by Gasteiger charge is 2.21. The quantitative estimate of drug-likeness (QED) is 0.687. The van der Waals surface area contributed by atoms with Gasteiger partial charge in [-0.25, -0.2) is 0 Å². The fourth-order valence-electron chi connectivity index (χ4n) is 1.10. The van der Waals surface area contributed by atoms with E-state index in [0.717, 1.165) is 0 Å². The fourth-order valence-corrected chi connectivity index (χ4v) is 1.48. The molecule has 0 aliphatic rings. The highest BCUT2D eigenvalue weighted by atomic mass is 35.5. The van der Waals surface area contributed by atoms with Crippen molar-refractivity contribution in [3.05, 3.63) is 16.8 Å². The van der Waals surface area contributed by atoms with E-state index >= 15 is 0 Å². The highest BCUT2D eigenvalue weighted by Crippen LogP contribution is 2.24. The molecule has 0 bridgehead atoms. The molecule has 0 aliphatic heterocycles. The molecule has 0 fully saturated rings. The van der Waals surface area contributed by atoms with Gasteiger partial charge < -0.3 is 15.9 Å². The Kier molecular flexibility index (Phi) is 4.53. The van der Waals surface area contributed by atoms with Gasteiger partial charge in [0.05, 0.1) is 6.10 Å². The number of nitrogens with two attached hydrogens (primary N) is 1. The molecule has 15 heavy (non-hydrogen) atoms. The van der Waals surface area contributed by atoms with Crippen LogP contribution in [0.1, 0.15) is 18.1 Å². The van der Waals surface area contributed by atoms with Gasteiger partial charge in [-0.1, -0.05) is 11.6 Å². The molecule has 0 aromatic carbocycles. The Hall–Kier alpha value is -0.620. The molecule has 4 N–H and O–H groups in total. The molecular weight excluding hydrogens is 241 g/mol. The first kappa shape index (κ1) is 12.4. The van der Waals surface area contributed by atoms with E-state index in [1.54, 1.807) is 0 Å². The third-order valence-electron chi connectivity index (χ3n) is 1.91. The van der Waals surface area contributed by atoms with Gasteiger partial charge in [-0.3, -0.25) is 0 Å². The number of alkyl halides is 1. The monoisotopic (exact) mass is 251 g/mol. The third kappa shape index (κ3) is 3.17. The second-order valence-corrected chi connectivity index (χ2v) is 3.76. The van der Waals surface area contributed by atoms with Crippen LogP contribution < -0.4 is 5.73 Å². The van der Waals surface area contributed by atoms with Crippen molar-refractivity contribution in [2.75, 3.05) is 11.6 Å². The second kappa shape index (κ2) is 5.46. The first-order valence-corrected chi connectivity index (χ1v) is 5.18. The van der Waals surface area contributed by atoms with Crippen LogP contribution in [-0.4, -0.2) is 32.4 Å². The average molecular weight is 252 g/mol. The van der Waals surface area contributed by atoms with Crippen molar-refractivity contribution >= 4 is 29.0 Å². The lowest BCUT2D eigenvalue weighted by Gasteiger charge is -2.17. The van der Waals surface area contributed by atoms with E-state index in [9.17, 15) is 10.2 Å². The predicted octanol–water partition coefficient (Wildman–Crippen LogP) is 0.735. The summed E-state index contributed by atoms with van der Waals surface area (Å²) in [5.41, 5.74) is 5.75. The lowest BCUT2D eigenvalue weighted by Crippen LogP contribution is -2.20. The Morgan fingerprint density at radius 3 is 2.67 bits per heavy atom. The maximum atomic E-state index is 9.71. The zero-order valence-electron chi connectivity index (χ0n) is 7.77. The van der Waals surface area contributed by atoms with Crippen LogP contribution in [0.3, 0.4) is 0 Å². The zero-order valence-corrected chi connectivity index (χ0v) is 9.28. The molecule has 2 unspecified atom stereocenters. The molecule has 0 amide bonds. The minimum absolute atomic E-state index is 0.0422. The number of aliphatic hydroxyl groups excluding tert-OH is 2. The molecule has 0 saturated carbocycles. The molecule has 1 aromatic heterocycles. The first-order valence-electron chi connectivity index (χ1n) is 4.27. The number of nitrogen functional groups attached to an aromatic ring is 1. The molecule has 0 radical (unpaired) electrons. The zero-order chi connectivity index (χ0) is 11.4. The summed E-state index contributed by atoms with van der Waals surface area (Å²) in [6.45, 7) is 0. The van der Waals surface area contributed by atoms with Crippen molar-refractivity contribution in [2.45, 2.75) is 18.6 Å². The molecular formula is C8H11Cl2N3O2. The van der Waals surface area contributed by atoms with Crippen molar-refractivity contribution in [2.24, 2.45) is 0 Å². The topological polar surface area (TPSA) is 92.3 Å². The molecule has 0 saturated heterocycles. The van der Waals surface area contributed by atoms with Gasteiger partial charge in [-0.05, 0) is 12.5 Å². The first-order chi connectivity index (χ1) is 7.06. The Morgan fingerprint density at radius 2 is 2.07 bits per heavy atom. The van der Waals surface area contributed by atoms with Crippen molar-refractivity contribution in [1.29, 1.82) is 0 Å². The molecule has 0 aliphatic carbocycles. The van der Waals surface area contributed by atoms with Gasteiger partial charge in [0.25, 0.3) is 0 Å². The number of hydrogen-bond acceptors (Lipinski definition) is 5. The molecule has 7 heteroatoms. The van der Waals surface area contributed by atoms with Crippen LogP contribution in [0.4, 0.5) is 5.82 Å². The molecule has 5 nitrogen and oxygen atoms in total. The highest BCUT2D eigenvalue weighted by molar-refractivity contribution is 6.29.